The number of carbonyl (C=O) groups excluding carboxylic acids is 4. The minimum Gasteiger partial charge on any atom is -0.497 e. The monoisotopic (exact) mass is 1970 g/mol. The number of para-hydroxylation sites is 2. The molecule has 0 saturated carbocycles. The Morgan fingerprint density at radius 2 is 0.851 bits per heavy atom. The molecule has 0 spiro atoms. The van der Waals surface area contributed by atoms with Crippen molar-refractivity contribution in [2.45, 2.75) is 109 Å². The van der Waals surface area contributed by atoms with Gasteiger partial charge in [-0.3, -0.25) is 9.69 Å². The first-order valence-electron chi connectivity index (χ1n) is 44.2. The molecule has 134 heavy (non-hydrogen) atoms. The van der Waals surface area contributed by atoms with Gasteiger partial charge in [-0.1, -0.05) is 201 Å². The number of ether oxygens (including phenoxy) is 4. The number of rotatable bonds is 11. The van der Waals surface area contributed by atoms with Crippen LogP contribution in [0, 0.1) is 0 Å². The van der Waals surface area contributed by atoms with Gasteiger partial charge in [0.2, 0.25) is 5.91 Å². The Hall–Kier alpha value is -11.5. The van der Waals surface area contributed by atoms with Gasteiger partial charge < -0.3 is 74.9 Å². The summed E-state index contributed by atoms with van der Waals surface area (Å²) >= 11 is 55.8. The summed E-state index contributed by atoms with van der Waals surface area (Å²) in [6.07, 6.45) is 3.20. The van der Waals surface area contributed by atoms with E-state index in [1.807, 2.05) is 253 Å². The van der Waals surface area contributed by atoms with E-state index in [0.717, 1.165) is 160 Å². The lowest BCUT2D eigenvalue weighted by Crippen LogP contribution is -2.51. The molecule has 29 heteroatoms. The summed E-state index contributed by atoms with van der Waals surface area (Å²) in [6.45, 7) is 12.7. The number of anilines is 1. The van der Waals surface area contributed by atoms with Crippen LogP contribution >= 0.6 is 104 Å². The molecule has 9 N–H and O–H groups in total. The molecule has 5 unspecified atom stereocenters. The standard InChI is InChI=1S/C25H28ClN3O3.C25H22ClN3O2.C21H21ClN2O3.2C17H13Cl3N2/c1-15(27-24(31)32-25(2,3)4)23(30)29-13-12-18-19-14-17(26)10-11-20(19)28-21(18)22(29)16-8-6-5-7-9-16;1-31-19-10-7-16(8-11-19)24-23-20(21-15-17(26)9-12-22(21)28-23)13-14-29(24)25(30)27-18-5-3-2-4-6-18;1-3-27-21(25)24-11-10-14-16-12-13(22)8-9-17(16)23-19(14)20(24)15-6-4-5-7-18(15)26-2;18-10-2-4-15-12(8-10)11-5-6-21-16(17(11)22-15)9-1-3-13(19)14(20)7-9;18-9-4-5-14-12(8-9)10-6-7-21-16(17(10)22-14)11-2-1-3-13(19)15(11)20/h5-11,14-15,22,28H,12-13H2,1-4H3,(H,27,31);2-12,15,24,28H,13-14H2,1H3,(H,27,30);4-9,12,20,23H,3,10-11H2,1-2H3;1-4,7-8,16,21-22H,5-6H2;1-5,8,16,21-22H,6-7H2/t15-,22?;;;;/m0..../s1. The number of hydrogen-bond donors (Lipinski definition) is 9. The van der Waals surface area contributed by atoms with Crippen molar-refractivity contribution in [2.24, 2.45) is 0 Å². The predicted molar refractivity (Wildman–Crippen MR) is 542 cm³/mol. The van der Waals surface area contributed by atoms with Gasteiger partial charge in [-0.05, 0) is 256 Å². The summed E-state index contributed by atoms with van der Waals surface area (Å²) in [5.74, 6) is 1.36. The van der Waals surface area contributed by atoms with Crippen LogP contribution in [0.25, 0.3) is 54.5 Å². The predicted octanol–water partition coefficient (Wildman–Crippen LogP) is 26.9. The third kappa shape index (κ3) is 20.1. The van der Waals surface area contributed by atoms with Gasteiger partial charge in [0.05, 0.1) is 65.1 Å². The molecule has 10 heterocycles. The molecule has 5 aliphatic heterocycles. The lowest BCUT2D eigenvalue weighted by atomic mass is 9.92. The van der Waals surface area contributed by atoms with Crippen LogP contribution in [0.2, 0.25) is 45.2 Å². The maximum absolute atomic E-state index is 13.5. The fourth-order valence-corrected chi connectivity index (χ4v) is 20.5. The molecule has 0 radical (unpaired) electrons. The zero-order chi connectivity index (χ0) is 93.9. The molecule has 5 aliphatic rings. The topological polar surface area (TPSA) is 242 Å². The Bertz CT molecular complexity index is 7060. The first-order valence-corrected chi connectivity index (χ1v) is 47.6. The van der Waals surface area contributed by atoms with Crippen molar-refractivity contribution in [3.8, 4) is 11.5 Å². The Kier molecular flexibility index (Phi) is 28.8. The van der Waals surface area contributed by atoms with Crippen LogP contribution in [-0.2, 0) is 46.4 Å². The summed E-state index contributed by atoms with van der Waals surface area (Å²) in [5, 5.41) is 24.4. The number of methoxy groups -OCH3 is 2. The Morgan fingerprint density at radius 3 is 1.35 bits per heavy atom. The highest BCUT2D eigenvalue weighted by atomic mass is 35.5. The first-order chi connectivity index (χ1) is 64.7. The highest BCUT2D eigenvalue weighted by Gasteiger charge is 2.41. The van der Waals surface area contributed by atoms with Crippen molar-refractivity contribution in [3.63, 3.8) is 0 Å². The second kappa shape index (κ2) is 41.0. The molecular weight excluding hydrogens is 1880 g/mol. The van der Waals surface area contributed by atoms with Crippen LogP contribution in [0.15, 0.2) is 237 Å². The van der Waals surface area contributed by atoms with E-state index in [1.54, 1.807) is 46.8 Å². The van der Waals surface area contributed by atoms with Crippen molar-refractivity contribution < 1.29 is 38.1 Å². The molecule has 16 aromatic rings. The molecule has 11 aromatic carbocycles. The number of alkyl carbamates (subject to hydrolysis) is 1. The van der Waals surface area contributed by atoms with Gasteiger partial charge >= 0.3 is 18.2 Å². The van der Waals surface area contributed by atoms with E-state index in [0.29, 0.717) is 67.8 Å². The summed E-state index contributed by atoms with van der Waals surface area (Å²) in [4.78, 5) is 74.8. The van der Waals surface area contributed by atoms with Crippen LogP contribution in [0.3, 0.4) is 0 Å². The fraction of sp³-hybridized carbons (Fsp3) is 0.238. The number of nitrogens with one attached hydrogen (secondary N) is 9. The first kappa shape index (κ1) is 94.3. The van der Waals surface area contributed by atoms with Gasteiger partial charge in [0.1, 0.15) is 29.2 Å². The van der Waals surface area contributed by atoms with E-state index in [9.17, 15) is 19.2 Å². The van der Waals surface area contributed by atoms with Crippen molar-refractivity contribution in [1.82, 2.24) is 55.6 Å². The Labute approximate surface area is 820 Å². The second-order valence-corrected chi connectivity index (χ2v) is 38.1. The normalized spacial score (nSPS) is 16.7. The summed E-state index contributed by atoms with van der Waals surface area (Å²) in [7, 11) is 3.29. The molecule has 6 atom stereocenters. The van der Waals surface area contributed by atoms with Gasteiger partial charge in [-0.25, -0.2) is 14.4 Å². The molecule has 0 saturated heterocycles. The van der Waals surface area contributed by atoms with Crippen LogP contribution in [0.1, 0.15) is 149 Å². The maximum Gasteiger partial charge on any atom is 0.410 e. The number of nitrogens with zero attached hydrogens (tertiary/aromatic N) is 3. The van der Waals surface area contributed by atoms with Crippen molar-refractivity contribution in [1.29, 1.82) is 0 Å². The summed E-state index contributed by atoms with van der Waals surface area (Å²) < 4.78 is 21.6. The molecule has 688 valence electrons. The number of halogens is 9. The van der Waals surface area contributed by atoms with Gasteiger partial charge in [0.25, 0.3) is 0 Å². The van der Waals surface area contributed by atoms with Crippen molar-refractivity contribution in [2.75, 3.05) is 58.9 Å². The average molecular weight is 1970 g/mol. The van der Waals surface area contributed by atoms with Crippen LogP contribution in [-0.4, -0.2) is 129 Å². The highest BCUT2D eigenvalue weighted by Crippen LogP contribution is 2.47. The number of urea groups is 1. The Balaban J connectivity index is 0.000000117. The van der Waals surface area contributed by atoms with E-state index in [-0.39, 0.29) is 48.2 Å². The zero-order valence-electron chi connectivity index (χ0n) is 74.3. The lowest BCUT2D eigenvalue weighted by molar-refractivity contribution is -0.135. The van der Waals surface area contributed by atoms with Crippen LogP contribution < -0.4 is 30.7 Å². The molecule has 21 rings (SSSR count). The quantitative estimate of drug-likeness (QED) is 0.0593. The minimum absolute atomic E-state index is 0.0149. The number of benzene rings is 11. The van der Waals surface area contributed by atoms with Crippen LogP contribution in [0.4, 0.5) is 20.1 Å². The lowest BCUT2D eigenvalue weighted by Gasteiger charge is -2.37. The van der Waals surface area contributed by atoms with Crippen LogP contribution in [0.5, 0.6) is 11.5 Å². The summed E-state index contributed by atoms with van der Waals surface area (Å²) in [6, 6.07) is 74.5. The molecule has 5 amide bonds. The average Bonchev–Trinajstić information content (AvgIpc) is 1.59. The molecule has 20 nitrogen and oxygen atoms in total. The third-order valence-corrected chi connectivity index (χ3v) is 27.6. The van der Waals surface area contributed by atoms with E-state index in [2.05, 4.69) is 46.2 Å². The number of H-pyrrole nitrogens is 5. The zero-order valence-corrected chi connectivity index (χ0v) is 81.1. The van der Waals surface area contributed by atoms with E-state index >= 15 is 0 Å². The molecule has 0 fully saturated rings. The van der Waals surface area contributed by atoms with Gasteiger partial charge in [0, 0.05) is 152 Å². The Morgan fingerprint density at radius 1 is 0.418 bits per heavy atom. The number of fused-ring (bicyclic) bond motifs is 15. The molecule has 0 aliphatic carbocycles. The second-order valence-electron chi connectivity index (χ2n) is 34.3. The van der Waals surface area contributed by atoms with E-state index in [4.69, 9.17) is 123 Å². The third-order valence-electron chi connectivity index (χ3n) is 24.8. The molecule has 0 bridgehead atoms. The van der Waals surface area contributed by atoms with Gasteiger partial charge in [0.15, 0.2) is 0 Å². The maximum atomic E-state index is 13.5. The van der Waals surface area contributed by atoms with E-state index in [1.165, 1.54) is 44.3 Å². The van der Waals surface area contributed by atoms with E-state index < -0.39 is 17.7 Å². The number of carbonyl (C=O) groups is 4. The SMILES string of the molecule is CCOC(=O)N1CCc2c([nH]c3ccc(Cl)cc23)C1c1ccccc1OC.COc1ccc(C2c3[nH]c4ccc(Cl)cc4c3CCN2C(=O)Nc2ccccc2)cc1.C[C@H](NC(=O)OC(C)(C)C)C(=O)N1CCc2c([nH]c3ccc(Cl)cc23)C1c1ccccc1.Clc1ccc2[nH]c3c(c2c1)CCNC3c1ccc(Cl)c(Cl)c1.Clc1ccc2[nH]c3c(c2c1)CCNC3c1cccc(Cl)c1Cl. The van der Waals surface area contributed by atoms with Crippen molar-refractivity contribution >= 4 is 189 Å². The number of amides is 5. The fourth-order valence-electron chi connectivity index (χ4n) is 18.9. The minimum atomic E-state index is -0.726. The smallest absolute Gasteiger partial charge is 0.410 e. The summed E-state index contributed by atoms with van der Waals surface area (Å²) in [5.41, 5.74) is 21.9. The number of hydrogen-bond acceptors (Lipinski definition) is 10. The molecule has 5 aromatic heterocycles. The number of aromatic nitrogens is 5. The van der Waals surface area contributed by atoms with Gasteiger partial charge in [-0.15, -0.1) is 0 Å². The van der Waals surface area contributed by atoms with Gasteiger partial charge in [-0.2, -0.15) is 0 Å². The molecular formula is C105H97Cl9N12O8. The van der Waals surface area contributed by atoms with Crippen molar-refractivity contribution in [3.05, 3.63) is 366 Å². The highest BCUT2D eigenvalue weighted by molar-refractivity contribution is 6.43. The number of aromatic amines is 5. The largest absolute Gasteiger partial charge is 0.497 e.